The third-order valence-corrected chi connectivity index (χ3v) is 2.55. The first-order valence-electron chi connectivity index (χ1n) is 4.88. The molecular weight excluding hydrogens is 181 g/mol. The highest BCUT2D eigenvalue weighted by molar-refractivity contribution is 5.21. The van der Waals surface area contributed by atoms with Crippen LogP contribution in [0.2, 0.25) is 0 Å². The molecule has 1 aromatic carbocycles. The fourth-order valence-corrected chi connectivity index (χ4v) is 1.78. The van der Waals surface area contributed by atoms with Gasteiger partial charge in [-0.15, -0.1) is 0 Å². The number of hydrogen-bond acceptors (Lipinski definition) is 2. The Balaban J connectivity index is 2.16. The van der Waals surface area contributed by atoms with Gasteiger partial charge in [0, 0.05) is 6.54 Å². The molecular formula is C11H14FNO. The van der Waals surface area contributed by atoms with Crippen LogP contribution in [0.4, 0.5) is 4.39 Å². The van der Waals surface area contributed by atoms with E-state index in [1.807, 2.05) is 6.92 Å². The van der Waals surface area contributed by atoms with Crippen LogP contribution < -0.4 is 5.32 Å². The number of ether oxygens (including phenoxy) is 1. The van der Waals surface area contributed by atoms with Gasteiger partial charge in [0.15, 0.2) is 0 Å². The van der Waals surface area contributed by atoms with Crippen molar-refractivity contribution in [3.63, 3.8) is 0 Å². The zero-order chi connectivity index (χ0) is 9.97. The first kappa shape index (κ1) is 9.62. The van der Waals surface area contributed by atoms with Gasteiger partial charge in [-0.1, -0.05) is 12.1 Å². The van der Waals surface area contributed by atoms with Crippen molar-refractivity contribution in [2.75, 3.05) is 13.2 Å². The standard InChI is InChI=1S/C11H14FNO/c1-8-11(13-6-7-14-8)9-2-4-10(12)5-3-9/h2-5,8,11,13H,6-7H2,1H3. The van der Waals surface area contributed by atoms with E-state index in [-0.39, 0.29) is 18.0 Å². The lowest BCUT2D eigenvalue weighted by atomic mass is 10.0. The van der Waals surface area contributed by atoms with Crippen LogP contribution in [0.15, 0.2) is 24.3 Å². The summed E-state index contributed by atoms with van der Waals surface area (Å²) in [6.07, 6.45) is 0.147. The molecule has 0 amide bonds. The molecule has 1 N–H and O–H groups in total. The maximum absolute atomic E-state index is 12.7. The van der Waals surface area contributed by atoms with Crippen molar-refractivity contribution >= 4 is 0 Å². The van der Waals surface area contributed by atoms with Crippen LogP contribution in [0, 0.1) is 5.82 Å². The SMILES string of the molecule is CC1OCCNC1c1ccc(F)cc1. The van der Waals surface area contributed by atoms with Crippen molar-refractivity contribution in [1.29, 1.82) is 0 Å². The lowest BCUT2D eigenvalue weighted by molar-refractivity contribution is 0.00754. The van der Waals surface area contributed by atoms with Crippen molar-refractivity contribution in [3.05, 3.63) is 35.6 Å². The average molecular weight is 195 g/mol. The Hall–Kier alpha value is -0.930. The highest BCUT2D eigenvalue weighted by Crippen LogP contribution is 2.21. The van der Waals surface area contributed by atoms with Gasteiger partial charge in [0.2, 0.25) is 0 Å². The largest absolute Gasteiger partial charge is 0.375 e. The summed E-state index contributed by atoms with van der Waals surface area (Å²) in [5.41, 5.74) is 1.08. The van der Waals surface area contributed by atoms with Crippen molar-refractivity contribution in [1.82, 2.24) is 5.32 Å². The van der Waals surface area contributed by atoms with Gasteiger partial charge in [-0.25, -0.2) is 4.39 Å². The van der Waals surface area contributed by atoms with Gasteiger partial charge >= 0.3 is 0 Å². The van der Waals surface area contributed by atoms with Gasteiger partial charge in [-0.3, -0.25) is 0 Å². The van der Waals surface area contributed by atoms with Crippen LogP contribution >= 0.6 is 0 Å². The Bertz CT molecular complexity index is 299. The molecule has 1 aliphatic rings. The summed E-state index contributed by atoms with van der Waals surface area (Å²) in [5, 5.41) is 3.36. The van der Waals surface area contributed by atoms with Gasteiger partial charge in [0.25, 0.3) is 0 Å². The van der Waals surface area contributed by atoms with Crippen molar-refractivity contribution < 1.29 is 9.13 Å². The second kappa shape index (κ2) is 4.07. The fraction of sp³-hybridized carbons (Fsp3) is 0.455. The predicted molar refractivity (Wildman–Crippen MR) is 52.6 cm³/mol. The minimum absolute atomic E-state index is 0.147. The molecule has 14 heavy (non-hydrogen) atoms. The second-order valence-electron chi connectivity index (χ2n) is 3.56. The summed E-state index contributed by atoms with van der Waals surface area (Å²) in [4.78, 5) is 0. The number of benzene rings is 1. The lowest BCUT2D eigenvalue weighted by Crippen LogP contribution is -2.40. The number of hydrogen-bond donors (Lipinski definition) is 1. The Morgan fingerprint density at radius 3 is 2.71 bits per heavy atom. The smallest absolute Gasteiger partial charge is 0.123 e. The molecule has 0 bridgehead atoms. The number of morpholine rings is 1. The maximum Gasteiger partial charge on any atom is 0.123 e. The van der Waals surface area contributed by atoms with E-state index >= 15 is 0 Å². The minimum Gasteiger partial charge on any atom is -0.375 e. The third kappa shape index (κ3) is 1.94. The van der Waals surface area contributed by atoms with E-state index in [1.165, 1.54) is 12.1 Å². The zero-order valence-corrected chi connectivity index (χ0v) is 8.16. The fourth-order valence-electron chi connectivity index (χ4n) is 1.78. The van der Waals surface area contributed by atoms with Crippen LogP contribution in [-0.2, 0) is 4.74 Å². The Morgan fingerprint density at radius 2 is 2.07 bits per heavy atom. The molecule has 2 rings (SSSR count). The van der Waals surface area contributed by atoms with Crippen LogP contribution in [-0.4, -0.2) is 19.3 Å². The summed E-state index contributed by atoms with van der Waals surface area (Å²) in [5.74, 6) is -0.196. The molecule has 2 nitrogen and oxygen atoms in total. The molecule has 0 radical (unpaired) electrons. The summed E-state index contributed by atoms with van der Waals surface area (Å²) in [6.45, 7) is 3.63. The highest BCUT2D eigenvalue weighted by atomic mass is 19.1. The normalized spacial score (nSPS) is 27.6. The second-order valence-corrected chi connectivity index (χ2v) is 3.56. The quantitative estimate of drug-likeness (QED) is 0.738. The van der Waals surface area contributed by atoms with E-state index < -0.39 is 0 Å². The van der Waals surface area contributed by atoms with Crippen molar-refractivity contribution in [2.45, 2.75) is 19.1 Å². The minimum atomic E-state index is -0.196. The van der Waals surface area contributed by atoms with E-state index in [0.29, 0.717) is 0 Å². The zero-order valence-electron chi connectivity index (χ0n) is 8.16. The Morgan fingerprint density at radius 1 is 1.36 bits per heavy atom. The summed E-state index contributed by atoms with van der Waals surface area (Å²) in [6, 6.07) is 6.76. The average Bonchev–Trinajstić information content (AvgIpc) is 2.20. The molecule has 0 saturated carbocycles. The predicted octanol–water partition coefficient (Wildman–Crippen LogP) is 1.88. The molecule has 1 saturated heterocycles. The molecule has 76 valence electrons. The van der Waals surface area contributed by atoms with E-state index in [2.05, 4.69) is 5.32 Å². The molecule has 0 spiro atoms. The summed E-state index contributed by atoms with van der Waals surface area (Å²) >= 11 is 0. The van der Waals surface area contributed by atoms with Gasteiger partial charge in [0.05, 0.1) is 18.8 Å². The molecule has 0 aromatic heterocycles. The van der Waals surface area contributed by atoms with E-state index in [4.69, 9.17) is 4.74 Å². The first-order chi connectivity index (χ1) is 6.77. The van der Waals surface area contributed by atoms with Crippen molar-refractivity contribution in [3.8, 4) is 0 Å². The Labute approximate surface area is 83.1 Å². The van der Waals surface area contributed by atoms with Crippen LogP contribution in [0.5, 0.6) is 0 Å². The lowest BCUT2D eigenvalue weighted by Gasteiger charge is -2.30. The van der Waals surface area contributed by atoms with Crippen LogP contribution in [0.1, 0.15) is 18.5 Å². The van der Waals surface area contributed by atoms with E-state index in [1.54, 1.807) is 12.1 Å². The van der Waals surface area contributed by atoms with Gasteiger partial charge in [0.1, 0.15) is 5.82 Å². The van der Waals surface area contributed by atoms with Crippen molar-refractivity contribution in [2.24, 2.45) is 0 Å². The maximum atomic E-state index is 12.7. The monoisotopic (exact) mass is 195 g/mol. The van der Waals surface area contributed by atoms with Crippen LogP contribution in [0.25, 0.3) is 0 Å². The molecule has 1 heterocycles. The number of halogens is 1. The van der Waals surface area contributed by atoms with Gasteiger partial charge in [-0.2, -0.15) is 0 Å². The molecule has 1 aliphatic heterocycles. The summed E-state index contributed by atoms with van der Waals surface area (Å²) < 4.78 is 18.2. The number of nitrogens with one attached hydrogen (secondary N) is 1. The topological polar surface area (TPSA) is 21.3 Å². The molecule has 1 fully saturated rings. The molecule has 2 atom stereocenters. The van der Waals surface area contributed by atoms with Crippen LogP contribution in [0.3, 0.4) is 0 Å². The first-order valence-corrected chi connectivity index (χ1v) is 4.88. The molecule has 0 aliphatic carbocycles. The Kier molecular flexibility index (Phi) is 2.79. The van der Waals surface area contributed by atoms with E-state index in [0.717, 1.165) is 18.7 Å². The molecule has 2 unspecified atom stereocenters. The molecule has 1 aromatic rings. The molecule has 3 heteroatoms. The van der Waals surface area contributed by atoms with Gasteiger partial charge < -0.3 is 10.1 Å². The third-order valence-electron chi connectivity index (χ3n) is 2.55. The van der Waals surface area contributed by atoms with E-state index in [9.17, 15) is 4.39 Å². The highest BCUT2D eigenvalue weighted by Gasteiger charge is 2.22. The van der Waals surface area contributed by atoms with Gasteiger partial charge in [-0.05, 0) is 24.6 Å². The number of rotatable bonds is 1. The summed E-state index contributed by atoms with van der Waals surface area (Å²) in [7, 11) is 0.